The van der Waals surface area contributed by atoms with Gasteiger partial charge in [0, 0.05) is 17.8 Å². The van der Waals surface area contributed by atoms with Crippen LogP contribution in [0, 0.1) is 0 Å². The second-order valence-corrected chi connectivity index (χ2v) is 6.02. The topological polar surface area (TPSA) is 84.9 Å². The van der Waals surface area contributed by atoms with Gasteiger partial charge in [-0.3, -0.25) is 5.10 Å². The zero-order valence-electron chi connectivity index (χ0n) is 11.9. The smallest absolute Gasteiger partial charge is 0.262 e. The Balaban J connectivity index is 1.57. The first-order valence-electron chi connectivity index (χ1n) is 7.31. The van der Waals surface area contributed by atoms with Gasteiger partial charge in [0.1, 0.15) is 5.69 Å². The molecule has 0 spiro atoms. The molecule has 4 aromatic heterocycles. The number of nitrogens with zero attached hydrogens (tertiary/aromatic N) is 5. The third-order valence-corrected chi connectivity index (χ3v) is 4.30. The molecule has 7 nitrogen and oxygen atoms in total. The lowest BCUT2D eigenvalue weighted by Gasteiger charge is -1.96. The zero-order chi connectivity index (χ0) is 15.4. The Labute approximate surface area is 135 Å². The summed E-state index contributed by atoms with van der Waals surface area (Å²) < 4.78 is 7.07. The first kappa shape index (κ1) is 12.8. The molecule has 4 aromatic rings. The van der Waals surface area contributed by atoms with Crippen molar-refractivity contribution in [1.29, 1.82) is 0 Å². The highest BCUT2D eigenvalue weighted by atomic mass is 35.5. The predicted octanol–water partition coefficient (Wildman–Crippen LogP) is 3.31. The Kier molecular flexibility index (Phi) is 2.60. The minimum atomic E-state index is 0.374. The Hall–Kier alpha value is -2.67. The molecular formula is C15H11ClN6O. The summed E-state index contributed by atoms with van der Waals surface area (Å²) in [7, 11) is 0. The second kappa shape index (κ2) is 4.66. The second-order valence-electron chi connectivity index (χ2n) is 5.61. The summed E-state index contributed by atoms with van der Waals surface area (Å²) in [6, 6.07) is 5.61. The van der Waals surface area contributed by atoms with Gasteiger partial charge in [0.25, 0.3) is 5.89 Å². The van der Waals surface area contributed by atoms with Crippen molar-refractivity contribution in [2.24, 2.45) is 0 Å². The number of rotatable bonds is 3. The molecule has 0 saturated heterocycles. The molecule has 0 aliphatic heterocycles. The van der Waals surface area contributed by atoms with Gasteiger partial charge in [-0.15, -0.1) is 0 Å². The van der Waals surface area contributed by atoms with Crippen LogP contribution < -0.4 is 0 Å². The highest BCUT2D eigenvalue weighted by Gasteiger charge is 2.26. The minimum absolute atomic E-state index is 0.374. The Bertz CT molecular complexity index is 1010. The number of halogens is 1. The fraction of sp³-hybridized carbons (Fsp3) is 0.200. The van der Waals surface area contributed by atoms with Gasteiger partial charge in [-0.25, -0.2) is 4.52 Å². The van der Waals surface area contributed by atoms with Crippen molar-refractivity contribution in [2.75, 3.05) is 0 Å². The van der Waals surface area contributed by atoms with Crippen LogP contribution in [0.4, 0.5) is 0 Å². The summed E-state index contributed by atoms with van der Waals surface area (Å²) in [5.74, 6) is 1.43. The van der Waals surface area contributed by atoms with Crippen LogP contribution in [0.3, 0.4) is 0 Å². The summed E-state index contributed by atoms with van der Waals surface area (Å²) in [6.45, 7) is 0. The van der Waals surface area contributed by atoms with Gasteiger partial charge in [0.15, 0.2) is 0 Å². The number of H-pyrrole nitrogens is 1. The lowest BCUT2D eigenvalue weighted by molar-refractivity contribution is 0.432. The van der Waals surface area contributed by atoms with Gasteiger partial charge in [0.05, 0.1) is 22.3 Å². The van der Waals surface area contributed by atoms with E-state index in [1.807, 2.05) is 18.3 Å². The van der Waals surface area contributed by atoms with Crippen molar-refractivity contribution < 1.29 is 4.52 Å². The predicted molar refractivity (Wildman–Crippen MR) is 83.1 cm³/mol. The van der Waals surface area contributed by atoms with E-state index < -0.39 is 0 Å². The summed E-state index contributed by atoms with van der Waals surface area (Å²) in [5, 5.41) is 16.2. The van der Waals surface area contributed by atoms with Crippen LogP contribution in [-0.2, 0) is 0 Å². The third-order valence-electron chi connectivity index (χ3n) is 3.99. The van der Waals surface area contributed by atoms with Crippen molar-refractivity contribution in [3.8, 4) is 23.0 Å². The van der Waals surface area contributed by atoms with Crippen LogP contribution in [0.15, 0.2) is 35.1 Å². The molecule has 1 fully saturated rings. The molecule has 0 amide bonds. The van der Waals surface area contributed by atoms with E-state index in [4.69, 9.17) is 16.1 Å². The first-order valence-corrected chi connectivity index (χ1v) is 7.69. The molecule has 0 radical (unpaired) electrons. The van der Waals surface area contributed by atoms with Crippen molar-refractivity contribution in [1.82, 2.24) is 30.0 Å². The molecule has 0 unspecified atom stereocenters. The molecule has 1 aliphatic carbocycles. The van der Waals surface area contributed by atoms with Gasteiger partial charge < -0.3 is 4.52 Å². The molecule has 0 bridgehead atoms. The number of pyridine rings is 1. The van der Waals surface area contributed by atoms with Crippen molar-refractivity contribution in [3.63, 3.8) is 0 Å². The molecule has 8 heteroatoms. The third kappa shape index (κ3) is 2.04. The van der Waals surface area contributed by atoms with Gasteiger partial charge >= 0.3 is 0 Å². The zero-order valence-corrected chi connectivity index (χ0v) is 12.7. The van der Waals surface area contributed by atoms with Crippen LogP contribution in [0.1, 0.15) is 24.5 Å². The quantitative estimate of drug-likeness (QED) is 0.624. The van der Waals surface area contributed by atoms with Crippen LogP contribution in [0.5, 0.6) is 0 Å². The van der Waals surface area contributed by atoms with Crippen molar-refractivity contribution >= 4 is 17.1 Å². The first-order chi connectivity index (χ1) is 11.3. The van der Waals surface area contributed by atoms with E-state index in [0.717, 1.165) is 11.2 Å². The molecule has 0 aromatic carbocycles. The van der Waals surface area contributed by atoms with Crippen LogP contribution in [0.25, 0.3) is 28.5 Å². The van der Waals surface area contributed by atoms with E-state index in [0.29, 0.717) is 33.9 Å². The summed E-state index contributed by atoms with van der Waals surface area (Å²) in [5.41, 5.74) is 3.26. The monoisotopic (exact) mass is 326 g/mol. The molecular weight excluding hydrogens is 316 g/mol. The number of nitrogens with one attached hydrogen (secondary N) is 1. The normalized spacial score (nSPS) is 14.7. The molecule has 1 saturated carbocycles. The lowest BCUT2D eigenvalue weighted by atomic mass is 10.2. The SMILES string of the molecule is Clc1cccn2ncc(-c3nc(-c4cc(C5CC5)[nH]n4)no3)c12. The van der Waals surface area contributed by atoms with Gasteiger partial charge in [-0.1, -0.05) is 16.8 Å². The number of hydrogen-bond donors (Lipinski definition) is 1. The minimum Gasteiger partial charge on any atom is -0.333 e. The number of aromatic amines is 1. The van der Waals surface area contributed by atoms with Gasteiger partial charge in [-0.05, 0) is 31.0 Å². The Morgan fingerprint density at radius 3 is 3.13 bits per heavy atom. The van der Waals surface area contributed by atoms with E-state index in [1.54, 1.807) is 16.8 Å². The van der Waals surface area contributed by atoms with Crippen LogP contribution in [-0.4, -0.2) is 30.0 Å². The number of hydrogen-bond acceptors (Lipinski definition) is 5. The van der Waals surface area contributed by atoms with Crippen molar-refractivity contribution in [3.05, 3.63) is 41.3 Å². The highest BCUT2D eigenvalue weighted by Crippen LogP contribution is 2.39. The average molecular weight is 327 g/mol. The van der Waals surface area contributed by atoms with Crippen molar-refractivity contribution in [2.45, 2.75) is 18.8 Å². The summed E-state index contributed by atoms with van der Waals surface area (Å²) in [4.78, 5) is 4.44. The van der Waals surface area contributed by atoms with Crippen LogP contribution >= 0.6 is 11.6 Å². The highest BCUT2D eigenvalue weighted by molar-refractivity contribution is 6.34. The largest absolute Gasteiger partial charge is 0.333 e. The fourth-order valence-electron chi connectivity index (χ4n) is 2.65. The Morgan fingerprint density at radius 1 is 1.35 bits per heavy atom. The lowest BCUT2D eigenvalue weighted by Crippen LogP contribution is -1.86. The maximum absolute atomic E-state index is 6.25. The molecule has 114 valence electrons. The molecule has 0 atom stereocenters. The molecule has 1 aliphatic rings. The van der Waals surface area contributed by atoms with Gasteiger partial charge in [-0.2, -0.15) is 15.2 Å². The molecule has 5 rings (SSSR count). The number of fused-ring (bicyclic) bond motifs is 1. The number of aromatic nitrogens is 6. The van der Waals surface area contributed by atoms with E-state index in [9.17, 15) is 0 Å². The standard InChI is InChI=1S/C15H11ClN6O/c16-10-2-1-5-22-13(10)9(7-17-22)15-18-14(21-23-15)12-6-11(19-20-12)8-3-4-8/h1-2,5-8H,3-4H2,(H,19,20). The molecule has 23 heavy (non-hydrogen) atoms. The van der Waals surface area contributed by atoms with E-state index in [2.05, 4.69) is 25.4 Å². The summed E-state index contributed by atoms with van der Waals surface area (Å²) >= 11 is 6.25. The Morgan fingerprint density at radius 2 is 2.26 bits per heavy atom. The maximum atomic E-state index is 6.25. The molecule has 4 heterocycles. The molecule has 1 N–H and O–H groups in total. The van der Waals surface area contributed by atoms with Crippen LogP contribution in [0.2, 0.25) is 5.02 Å². The van der Waals surface area contributed by atoms with E-state index in [-0.39, 0.29) is 0 Å². The summed E-state index contributed by atoms with van der Waals surface area (Å²) in [6.07, 6.45) is 5.90. The average Bonchev–Trinajstić information content (AvgIpc) is 3.00. The van der Waals surface area contributed by atoms with Gasteiger partial charge in [0.2, 0.25) is 5.82 Å². The fourth-order valence-corrected chi connectivity index (χ4v) is 2.91. The van der Waals surface area contributed by atoms with E-state index >= 15 is 0 Å². The maximum Gasteiger partial charge on any atom is 0.262 e. The van der Waals surface area contributed by atoms with E-state index in [1.165, 1.54) is 12.8 Å².